The van der Waals surface area contributed by atoms with Crippen molar-refractivity contribution < 1.29 is 8.78 Å². The Balaban J connectivity index is 3.15. The highest BCUT2D eigenvalue weighted by molar-refractivity contribution is 4.84. The van der Waals surface area contributed by atoms with Crippen molar-refractivity contribution in [2.75, 3.05) is 0 Å². The van der Waals surface area contributed by atoms with Crippen molar-refractivity contribution in [3.8, 4) is 0 Å². The summed E-state index contributed by atoms with van der Waals surface area (Å²) in [7, 11) is 0. The number of rotatable bonds is 7. The van der Waals surface area contributed by atoms with Crippen molar-refractivity contribution in [3.63, 3.8) is 0 Å². The van der Waals surface area contributed by atoms with Gasteiger partial charge in [-0.05, 0) is 31.8 Å². The van der Waals surface area contributed by atoms with E-state index in [2.05, 4.69) is 19.1 Å². The van der Waals surface area contributed by atoms with E-state index in [0.29, 0.717) is 6.42 Å². The molecule has 0 amide bonds. The summed E-state index contributed by atoms with van der Waals surface area (Å²) in [6.45, 7) is 2.16. The van der Waals surface area contributed by atoms with Gasteiger partial charge in [0, 0.05) is 0 Å². The fraction of sp³-hybridized carbons (Fsp3) is 0.636. The third kappa shape index (κ3) is 11.3. The number of hydrogen-bond donors (Lipinski definition) is 0. The zero-order valence-electron chi connectivity index (χ0n) is 8.23. The summed E-state index contributed by atoms with van der Waals surface area (Å²) in [6.07, 6.45) is 9.40. The molecule has 76 valence electrons. The third-order valence-corrected chi connectivity index (χ3v) is 1.76. The van der Waals surface area contributed by atoms with E-state index in [9.17, 15) is 8.78 Å². The van der Waals surface area contributed by atoms with E-state index in [4.69, 9.17) is 0 Å². The molecule has 0 unspecified atom stereocenters. The van der Waals surface area contributed by atoms with E-state index >= 15 is 0 Å². The van der Waals surface area contributed by atoms with Gasteiger partial charge in [-0.15, -0.1) is 0 Å². The van der Waals surface area contributed by atoms with E-state index < -0.39 is 6.08 Å². The Morgan fingerprint density at radius 1 is 1.00 bits per heavy atom. The Hall–Kier alpha value is -0.660. The second-order valence-electron chi connectivity index (χ2n) is 3.04. The molecule has 0 spiro atoms. The van der Waals surface area contributed by atoms with Gasteiger partial charge < -0.3 is 0 Å². The molecule has 0 aliphatic carbocycles. The first kappa shape index (κ1) is 12.3. The topological polar surface area (TPSA) is 0 Å². The Morgan fingerprint density at radius 3 is 2.15 bits per heavy atom. The molecular weight excluding hydrogens is 170 g/mol. The molecule has 0 atom stereocenters. The molecule has 0 aliphatic rings. The van der Waals surface area contributed by atoms with E-state index in [1.54, 1.807) is 0 Å². The van der Waals surface area contributed by atoms with Gasteiger partial charge in [-0.2, -0.15) is 8.78 Å². The lowest BCUT2D eigenvalue weighted by Gasteiger charge is -1.90. The van der Waals surface area contributed by atoms with Gasteiger partial charge in [0.15, 0.2) is 0 Å². The first-order chi connectivity index (χ1) is 6.27. The summed E-state index contributed by atoms with van der Waals surface area (Å²) in [5, 5.41) is 0. The van der Waals surface area contributed by atoms with Crippen LogP contribution in [0.3, 0.4) is 0 Å². The first-order valence-corrected chi connectivity index (χ1v) is 4.93. The lowest BCUT2D eigenvalue weighted by Crippen LogP contribution is -1.71. The Kier molecular flexibility index (Phi) is 8.95. The van der Waals surface area contributed by atoms with Gasteiger partial charge in [-0.1, -0.05) is 31.9 Å². The summed E-state index contributed by atoms with van der Waals surface area (Å²) in [5.74, 6) is 0. The predicted octanol–water partition coefficient (Wildman–Crippen LogP) is 4.68. The van der Waals surface area contributed by atoms with Crippen molar-refractivity contribution in [1.29, 1.82) is 0 Å². The van der Waals surface area contributed by atoms with Gasteiger partial charge in [0.25, 0.3) is 6.08 Å². The van der Waals surface area contributed by atoms with Crippen LogP contribution >= 0.6 is 0 Å². The minimum Gasteiger partial charge on any atom is -0.174 e. The molecule has 0 heterocycles. The predicted molar refractivity (Wildman–Crippen MR) is 52.8 cm³/mol. The number of unbranched alkanes of at least 4 members (excludes halogenated alkanes) is 4. The zero-order valence-corrected chi connectivity index (χ0v) is 8.23. The molecule has 0 fully saturated rings. The second-order valence-corrected chi connectivity index (χ2v) is 3.04. The molecule has 0 saturated carbocycles. The molecule has 0 aliphatic heterocycles. The Bertz CT molecular complexity index is 155. The molecule has 0 aromatic heterocycles. The number of hydrogen-bond acceptors (Lipinski definition) is 0. The fourth-order valence-corrected chi connectivity index (χ4v) is 1.00. The lowest BCUT2D eigenvalue weighted by atomic mass is 10.2. The highest BCUT2D eigenvalue weighted by Crippen LogP contribution is 2.04. The van der Waals surface area contributed by atoms with E-state index in [0.717, 1.165) is 25.3 Å². The van der Waals surface area contributed by atoms with E-state index in [1.165, 1.54) is 12.8 Å². The molecule has 0 aromatic rings. The molecule has 2 heteroatoms. The smallest absolute Gasteiger partial charge is 0.174 e. The van der Waals surface area contributed by atoms with Crippen molar-refractivity contribution in [3.05, 3.63) is 24.3 Å². The van der Waals surface area contributed by atoms with Crippen molar-refractivity contribution in [2.24, 2.45) is 0 Å². The van der Waals surface area contributed by atoms with Gasteiger partial charge in [0.05, 0.1) is 0 Å². The maximum absolute atomic E-state index is 11.6. The van der Waals surface area contributed by atoms with Crippen LogP contribution in [0.15, 0.2) is 24.3 Å². The third-order valence-electron chi connectivity index (χ3n) is 1.76. The van der Waals surface area contributed by atoms with Gasteiger partial charge in [-0.3, -0.25) is 0 Å². The molecule has 13 heavy (non-hydrogen) atoms. The minimum absolute atomic E-state index is 0.487. The largest absolute Gasteiger partial charge is 0.266 e. The van der Waals surface area contributed by atoms with Gasteiger partial charge in [0.2, 0.25) is 0 Å². The average Bonchev–Trinajstić information content (AvgIpc) is 2.09. The van der Waals surface area contributed by atoms with Crippen molar-refractivity contribution in [1.82, 2.24) is 0 Å². The molecule has 0 N–H and O–H groups in total. The number of allylic oxidation sites excluding steroid dienone is 3. The fourth-order valence-electron chi connectivity index (χ4n) is 1.00. The van der Waals surface area contributed by atoms with Crippen LogP contribution in [0.25, 0.3) is 0 Å². The molecular formula is C11H18F2. The summed E-state index contributed by atoms with van der Waals surface area (Å²) >= 11 is 0. The zero-order chi connectivity index (χ0) is 9.94. The molecule has 0 rings (SSSR count). The van der Waals surface area contributed by atoms with Crippen LogP contribution in [-0.2, 0) is 0 Å². The monoisotopic (exact) mass is 188 g/mol. The summed E-state index contributed by atoms with van der Waals surface area (Å²) < 4.78 is 23.1. The van der Waals surface area contributed by atoms with E-state index in [-0.39, 0.29) is 0 Å². The SMILES string of the molecule is CCCC/C=C\CCCC=C(F)F. The summed E-state index contributed by atoms with van der Waals surface area (Å²) in [4.78, 5) is 0. The highest BCUT2D eigenvalue weighted by Gasteiger charge is 1.86. The minimum atomic E-state index is -1.56. The molecule has 0 bridgehead atoms. The molecule has 0 radical (unpaired) electrons. The van der Waals surface area contributed by atoms with Crippen LogP contribution in [0.1, 0.15) is 45.4 Å². The lowest BCUT2D eigenvalue weighted by molar-refractivity contribution is 0.417. The highest BCUT2D eigenvalue weighted by atomic mass is 19.3. The quantitative estimate of drug-likeness (QED) is 0.402. The van der Waals surface area contributed by atoms with Gasteiger partial charge in [-0.25, -0.2) is 0 Å². The van der Waals surface area contributed by atoms with Gasteiger partial charge in [0.1, 0.15) is 0 Å². The summed E-state index contributed by atoms with van der Waals surface area (Å²) in [5.41, 5.74) is 0. The normalized spacial score (nSPS) is 10.7. The standard InChI is InChI=1S/C11H18F2/c1-2-3-4-5-6-7-8-9-10-11(12)13/h5-6,10H,2-4,7-9H2,1H3/b6-5-. The number of halogens is 2. The van der Waals surface area contributed by atoms with Crippen LogP contribution in [0.5, 0.6) is 0 Å². The first-order valence-electron chi connectivity index (χ1n) is 4.93. The van der Waals surface area contributed by atoms with E-state index in [1.807, 2.05) is 0 Å². The Morgan fingerprint density at radius 2 is 1.62 bits per heavy atom. The Labute approximate surface area is 79.3 Å². The van der Waals surface area contributed by atoms with Crippen molar-refractivity contribution >= 4 is 0 Å². The molecule has 0 aromatic carbocycles. The molecule has 0 nitrogen and oxygen atoms in total. The molecule has 0 saturated heterocycles. The maximum Gasteiger partial charge on any atom is 0.266 e. The van der Waals surface area contributed by atoms with Crippen LogP contribution < -0.4 is 0 Å². The summed E-state index contributed by atoms with van der Waals surface area (Å²) in [6, 6.07) is 0. The van der Waals surface area contributed by atoms with Crippen LogP contribution in [0.2, 0.25) is 0 Å². The second kappa shape index (κ2) is 9.43. The average molecular weight is 188 g/mol. The maximum atomic E-state index is 11.6. The van der Waals surface area contributed by atoms with Crippen molar-refractivity contribution in [2.45, 2.75) is 45.4 Å². The van der Waals surface area contributed by atoms with Crippen LogP contribution in [-0.4, -0.2) is 0 Å². The van der Waals surface area contributed by atoms with Crippen LogP contribution in [0.4, 0.5) is 8.78 Å². The van der Waals surface area contributed by atoms with Crippen LogP contribution in [0, 0.1) is 0 Å². The van der Waals surface area contributed by atoms with Gasteiger partial charge >= 0.3 is 0 Å².